The number of carbonyl (C=O) groups is 1. The van der Waals surface area contributed by atoms with Crippen molar-refractivity contribution in [3.05, 3.63) is 63.8 Å². The zero-order chi connectivity index (χ0) is 19.9. The van der Waals surface area contributed by atoms with Gasteiger partial charge in [0.05, 0.1) is 22.7 Å². The van der Waals surface area contributed by atoms with Gasteiger partial charge >= 0.3 is 0 Å². The molecule has 144 valence electrons. The molecule has 0 bridgehead atoms. The lowest BCUT2D eigenvalue weighted by Gasteiger charge is -2.14. The van der Waals surface area contributed by atoms with Gasteiger partial charge in [-0.25, -0.2) is 4.98 Å². The average molecular weight is 377 g/mol. The summed E-state index contributed by atoms with van der Waals surface area (Å²) in [5.41, 5.74) is 8.49. The Morgan fingerprint density at radius 3 is 2.64 bits per heavy atom. The molecule has 1 heterocycles. The van der Waals surface area contributed by atoms with Gasteiger partial charge in [0.1, 0.15) is 5.82 Å². The van der Waals surface area contributed by atoms with E-state index in [9.17, 15) is 4.79 Å². The van der Waals surface area contributed by atoms with Gasteiger partial charge < -0.3 is 20.1 Å². The van der Waals surface area contributed by atoms with E-state index in [0.717, 1.165) is 12.1 Å². The first-order valence-corrected chi connectivity index (χ1v) is 9.07. The Bertz CT molecular complexity index is 1040. The first kappa shape index (κ1) is 19.6. The van der Waals surface area contributed by atoms with E-state index in [2.05, 4.69) is 46.1 Å². The van der Waals surface area contributed by atoms with E-state index in [4.69, 9.17) is 9.47 Å². The summed E-state index contributed by atoms with van der Waals surface area (Å²) in [6.07, 6.45) is 4.00. The molecular formula is C22H23N3O3. The minimum absolute atomic E-state index is 0.230. The molecule has 6 nitrogen and oxygen atoms in total. The fraction of sp³-hybridized carbons (Fsp3) is 0.273. The van der Waals surface area contributed by atoms with Crippen molar-refractivity contribution in [2.45, 2.75) is 19.6 Å². The third-order valence-corrected chi connectivity index (χ3v) is 4.40. The maximum atomic E-state index is 12.8. The molecule has 1 aliphatic carbocycles. The quantitative estimate of drug-likeness (QED) is 0.540. The van der Waals surface area contributed by atoms with Crippen LogP contribution in [0.25, 0.3) is 11.8 Å². The fourth-order valence-corrected chi connectivity index (χ4v) is 2.80. The topological polar surface area (TPSA) is 72.5 Å². The van der Waals surface area contributed by atoms with Gasteiger partial charge in [0, 0.05) is 19.9 Å². The van der Waals surface area contributed by atoms with Crippen LogP contribution in [0.5, 0.6) is 0 Å². The number of fused-ring (bicyclic) bond motifs is 1. The largest absolute Gasteiger partial charge is 0.354 e. The summed E-state index contributed by atoms with van der Waals surface area (Å²) in [6.45, 7) is 2.34. The van der Waals surface area contributed by atoms with Crippen LogP contribution in [0.1, 0.15) is 22.8 Å². The Hall–Kier alpha value is -3.14. The minimum Gasteiger partial charge on any atom is -0.354 e. The standard InChI is InChI=1S/C22H23N3O3/c1-4-15-9-11-16(12-10-15)24-20-13-18(17-7-5-6-8-19(17)25-20)22(26)23-14-21(27-2)28-3/h6,8-13,21H,4,14H2,1-3H3,(H,23,26)(H,24,25). The molecule has 0 spiro atoms. The van der Waals surface area contributed by atoms with Crippen LogP contribution in [-0.4, -0.2) is 37.9 Å². The van der Waals surface area contributed by atoms with Crippen molar-refractivity contribution in [3.8, 4) is 0 Å². The first-order valence-electron chi connectivity index (χ1n) is 9.07. The van der Waals surface area contributed by atoms with Gasteiger partial charge in [0.25, 0.3) is 5.91 Å². The van der Waals surface area contributed by atoms with Crippen molar-refractivity contribution in [1.82, 2.24) is 10.3 Å². The highest BCUT2D eigenvalue weighted by Crippen LogP contribution is 2.15. The molecule has 1 aromatic carbocycles. The molecular weight excluding hydrogens is 354 g/mol. The number of rotatable bonds is 8. The minimum atomic E-state index is -0.512. The van der Waals surface area contributed by atoms with E-state index in [1.807, 2.05) is 12.1 Å². The van der Waals surface area contributed by atoms with Crippen molar-refractivity contribution < 1.29 is 14.3 Å². The van der Waals surface area contributed by atoms with Gasteiger partial charge in [-0.3, -0.25) is 4.79 Å². The van der Waals surface area contributed by atoms with Crippen LogP contribution < -0.4 is 21.2 Å². The zero-order valence-electron chi connectivity index (χ0n) is 16.2. The maximum Gasteiger partial charge on any atom is 0.252 e. The third kappa shape index (κ3) is 4.58. The lowest BCUT2D eigenvalue weighted by molar-refractivity contribution is -0.0974. The summed E-state index contributed by atoms with van der Waals surface area (Å²) < 4.78 is 10.2. The van der Waals surface area contributed by atoms with E-state index >= 15 is 0 Å². The molecule has 6 heteroatoms. The summed E-state index contributed by atoms with van der Waals surface area (Å²) >= 11 is 0. The number of ether oxygens (including phenoxy) is 2. The summed E-state index contributed by atoms with van der Waals surface area (Å²) in [7, 11) is 3.05. The van der Waals surface area contributed by atoms with Gasteiger partial charge in [0.15, 0.2) is 6.29 Å². The third-order valence-electron chi connectivity index (χ3n) is 4.40. The molecule has 2 aromatic rings. The van der Waals surface area contributed by atoms with E-state index in [0.29, 0.717) is 21.9 Å². The van der Waals surface area contributed by atoms with Crippen LogP contribution in [0.2, 0.25) is 0 Å². The summed E-state index contributed by atoms with van der Waals surface area (Å²) in [5.74, 6) is 0.322. The Morgan fingerprint density at radius 2 is 1.96 bits per heavy atom. The van der Waals surface area contributed by atoms with E-state index in [-0.39, 0.29) is 12.5 Å². The summed E-state index contributed by atoms with van der Waals surface area (Å²) in [5, 5.41) is 7.36. The number of nitrogens with zero attached hydrogens (tertiary/aromatic N) is 1. The number of amides is 1. The molecule has 0 atom stereocenters. The number of aryl methyl sites for hydroxylation is 1. The van der Waals surface area contributed by atoms with Crippen LogP contribution in [0, 0.1) is 0 Å². The number of allylic oxidation sites excluding steroid dienone is 1. The Labute approximate surface area is 163 Å². The zero-order valence-corrected chi connectivity index (χ0v) is 16.2. The van der Waals surface area contributed by atoms with Crippen molar-refractivity contribution in [2.75, 3.05) is 26.1 Å². The highest BCUT2D eigenvalue weighted by Gasteiger charge is 2.14. The fourth-order valence-electron chi connectivity index (χ4n) is 2.80. The predicted octanol–water partition coefficient (Wildman–Crippen LogP) is 1.62. The highest BCUT2D eigenvalue weighted by atomic mass is 16.7. The number of anilines is 2. The van der Waals surface area contributed by atoms with Crippen molar-refractivity contribution in [3.63, 3.8) is 0 Å². The normalized spacial score (nSPS) is 11.6. The monoisotopic (exact) mass is 377 g/mol. The van der Waals surface area contributed by atoms with Crippen LogP contribution in [0.15, 0.2) is 42.1 Å². The lowest BCUT2D eigenvalue weighted by atomic mass is 10.1. The Kier molecular flexibility index (Phi) is 6.43. The number of nitrogens with one attached hydrogen (secondary N) is 2. The molecule has 0 radical (unpaired) electrons. The van der Waals surface area contributed by atoms with Gasteiger partial charge in [-0.2, -0.15) is 0 Å². The second-order valence-corrected chi connectivity index (χ2v) is 6.20. The molecule has 0 aliphatic heterocycles. The molecule has 1 amide bonds. The maximum absolute atomic E-state index is 12.8. The predicted molar refractivity (Wildman–Crippen MR) is 109 cm³/mol. The van der Waals surface area contributed by atoms with E-state index < -0.39 is 6.29 Å². The van der Waals surface area contributed by atoms with Crippen molar-refractivity contribution in [1.29, 1.82) is 0 Å². The second-order valence-electron chi connectivity index (χ2n) is 6.20. The number of benzene rings is 1. The SMILES string of the molecule is CCc1ccc(Nc2cc(C(=O)NCC(OC)OC)c3c(n2)=CC=C=C=3)cc1. The lowest BCUT2D eigenvalue weighted by Crippen LogP contribution is -2.40. The van der Waals surface area contributed by atoms with Gasteiger partial charge in [-0.05, 0) is 42.3 Å². The molecule has 0 saturated heterocycles. The van der Waals surface area contributed by atoms with E-state index in [1.54, 1.807) is 18.2 Å². The van der Waals surface area contributed by atoms with Gasteiger partial charge in [-0.15, -0.1) is 0 Å². The Morgan fingerprint density at radius 1 is 1.21 bits per heavy atom. The smallest absolute Gasteiger partial charge is 0.252 e. The average Bonchev–Trinajstić information content (AvgIpc) is 2.74. The molecule has 3 rings (SSSR count). The number of carbonyl (C=O) groups excluding carboxylic acids is 1. The highest BCUT2D eigenvalue weighted by molar-refractivity contribution is 5.95. The molecule has 2 N–H and O–H groups in total. The molecule has 28 heavy (non-hydrogen) atoms. The van der Waals surface area contributed by atoms with Gasteiger partial charge in [0.2, 0.25) is 0 Å². The molecule has 1 aliphatic rings. The second kappa shape index (κ2) is 9.18. The molecule has 0 fully saturated rings. The van der Waals surface area contributed by atoms with Crippen LogP contribution >= 0.6 is 0 Å². The summed E-state index contributed by atoms with van der Waals surface area (Å²) in [4.78, 5) is 17.4. The molecule has 1 aromatic heterocycles. The van der Waals surface area contributed by atoms with E-state index in [1.165, 1.54) is 19.8 Å². The molecule has 0 unspecified atom stereocenters. The molecule has 0 saturated carbocycles. The number of pyridine rings is 1. The number of hydrogen-bond donors (Lipinski definition) is 2. The van der Waals surface area contributed by atoms with Crippen molar-refractivity contribution in [2.24, 2.45) is 0 Å². The number of aromatic nitrogens is 1. The first-order chi connectivity index (χ1) is 13.6. The van der Waals surface area contributed by atoms with Crippen LogP contribution in [-0.2, 0) is 15.9 Å². The summed E-state index contributed by atoms with van der Waals surface area (Å²) in [6, 6.07) is 9.84. The number of hydrogen-bond acceptors (Lipinski definition) is 5. The van der Waals surface area contributed by atoms with Crippen LogP contribution in [0.3, 0.4) is 0 Å². The number of methoxy groups -OCH3 is 2. The van der Waals surface area contributed by atoms with Crippen molar-refractivity contribution >= 4 is 29.2 Å². The Balaban J connectivity index is 1.91. The van der Waals surface area contributed by atoms with Gasteiger partial charge in [-0.1, -0.05) is 30.5 Å². The van der Waals surface area contributed by atoms with Crippen LogP contribution in [0.4, 0.5) is 11.5 Å².